The number of carbonyl (C=O) groups is 1. The van der Waals surface area contributed by atoms with Crippen LogP contribution in [-0.4, -0.2) is 29.4 Å². The first-order valence-electron chi connectivity index (χ1n) is 10.9. The minimum absolute atomic E-state index is 0.198. The number of carbonyl (C=O) groups excluding carboxylic acids is 1. The molecular formula is C24H34N2O3. The maximum atomic E-state index is 10.7. The molecule has 0 aliphatic carbocycles. The fourth-order valence-electron chi connectivity index (χ4n) is 3.07. The summed E-state index contributed by atoms with van der Waals surface area (Å²) >= 11 is 0. The van der Waals surface area contributed by atoms with Gasteiger partial charge in [-0.3, -0.25) is 4.79 Å². The summed E-state index contributed by atoms with van der Waals surface area (Å²) in [6.07, 6.45) is 9.93. The van der Waals surface area contributed by atoms with Crippen molar-refractivity contribution in [3.05, 3.63) is 42.1 Å². The standard InChI is InChI=1S/C24H34N2O3/c1-3-4-8-11-22-14-17-24(26-25-22)21-12-15-23(16-13-21)29-19-10-7-5-6-9-18-28-20(2)27/h12-17H,3-11,18-19H2,1-2H3. The van der Waals surface area contributed by atoms with Gasteiger partial charge in [-0.05, 0) is 62.1 Å². The molecule has 5 nitrogen and oxygen atoms in total. The van der Waals surface area contributed by atoms with E-state index >= 15 is 0 Å². The molecule has 2 aromatic rings. The number of esters is 1. The highest BCUT2D eigenvalue weighted by Crippen LogP contribution is 2.21. The summed E-state index contributed by atoms with van der Waals surface area (Å²) in [4.78, 5) is 10.7. The van der Waals surface area contributed by atoms with Crippen LogP contribution in [0.15, 0.2) is 36.4 Å². The van der Waals surface area contributed by atoms with Gasteiger partial charge in [-0.15, -0.1) is 0 Å². The van der Waals surface area contributed by atoms with Crippen molar-refractivity contribution in [1.29, 1.82) is 0 Å². The third-order valence-electron chi connectivity index (χ3n) is 4.77. The van der Waals surface area contributed by atoms with E-state index in [1.165, 1.54) is 26.2 Å². The summed E-state index contributed by atoms with van der Waals surface area (Å²) in [5, 5.41) is 8.71. The van der Waals surface area contributed by atoms with E-state index in [4.69, 9.17) is 9.47 Å². The molecule has 0 aliphatic rings. The summed E-state index contributed by atoms with van der Waals surface area (Å²) in [6, 6.07) is 12.2. The van der Waals surface area contributed by atoms with Crippen LogP contribution in [0, 0.1) is 0 Å². The van der Waals surface area contributed by atoms with E-state index in [1.807, 2.05) is 30.3 Å². The maximum absolute atomic E-state index is 10.7. The lowest BCUT2D eigenvalue weighted by Crippen LogP contribution is -2.00. The number of rotatable bonds is 14. The number of hydrogen-bond acceptors (Lipinski definition) is 5. The van der Waals surface area contributed by atoms with E-state index in [2.05, 4.69) is 23.2 Å². The number of hydrogen-bond donors (Lipinski definition) is 0. The predicted octanol–water partition coefficient (Wildman–Crippen LogP) is 5.77. The maximum Gasteiger partial charge on any atom is 0.302 e. The Kier molecular flexibility index (Phi) is 10.8. The first-order chi connectivity index (χ1) is 14.2. The molecule has 0 bridgehead atoms. The summed E-state index contributed by atoms with van der Waals surface area (Å²) in [6.45, 7) is 4.90. The zero-order valence-corrected chi connectivity index (χ0v) is 17.9. The second-order valence-corrected chi connectivity index (χ2v) is 7.35. The van der Waals surface area contributed by atoms with E-state index in [9.17, 15) is 4.79 Å². The van der Waals surface area contributed by atoms with Crippen LogP contribution >= 0.6 is 0 Å². The van der Waals surface area contributed by atoms with Gasteiger partial charge in [0.1, 0.15) is 5.75 Å². The van der Waals surface area contributed by atoms with Crippen molar-refractivity contribution in [3.63, 3.8) is 0 Å². The molecule has 0 radical (unpaired) electrons. The summed E-state index contributed by atoms with van der Waals surface area (Å²) in [5.41, 5.74) is 3.01. The summed E-state index contributed by atoms with van der Waals surface area (Å²) in [7, 11) is 0. The molecule has 29 heavy (non-hydrogen) atoms. The fourth-order valence-corrected chi connectivity index (χ4v) is 3.07. The third-order valence-corrected chi connectivity index (χ3v) is 4.77. The largest absolute Gasteiger partial charge is 0.494 e. The van der Waals surface area contributed by atoms with Crippen LogP contribution in [0.25, 0.3) is 11.3 Å². The van der Waals surface area contributed by atoms with Crippen LogP contribution in [0.3, 0.4) is 0 Å². The number of aryl methyl sites for hydroxylation is 1. The Morgan fingerprint density at radius 1 is 0.828 bits per heavy atom. The van der Waals surface area contributed by atoms with Crippen molar-refractivity contribution in [2.45, 2.75) is 71.6 Å². The van der Waals surface area contributed by atoms with Crippen molar-refractivity contribution in [3.8, 4) is 17.0 Å². The van der Waals surface area contributed by atoms with Crippen molar-refractivity contribution >= 4 is 5.97 Å². The van der Waals surface area contributed by atoms with Crippen molar-refractivity contribution < 1.29 is 14.3 Å². The normalized spacial score (nSPS) is 10.7. The molecule has 1 aromatic carbocycles. The summed E-state index contributed by atoms with van der Waals surface area (Å²) in [5.74, 6) is 0.684. The molecule has 0 fully saturated rings. The topological polar surface area (TPSA) is 61.3 Å². The van der Waals surface area contributed by atoms with Gasteiger partial charge in [0, 0.05) is 12.5 Å². The lowest BCUT2D eigenvalue weighted by molar-refractivity contribution is -0.141. The van der Waals surface area contributed by atoms with Gasteiger partial charge in [-0.25, -0.2) is 0 Å². The van der Waals surface area contributed by atoms with E-state index in [1.54, 1.807) is 0 Å². The average Bonchev–Trinajstić information content (AvgIpc) is 2.73. The monoisotopic (exact) mass is 398 g/mol. The summed E-state index contributed by atoms with van der Waals surface area (Å²) < 4.78 is 10.7. The second kappa shape index (κ2) is 13.7. The molecule has 0 N–H and O–H groups in total. The molecule has 158 valence electrons. The van der Waals surface area contributed by atoms with Crippen LogP contribution in [0.4, 0.5) is 0 Å². The average molecular weight is 399 g/mol. The number of benzene rings is 1. The number of ether oxygens (including phenoxy) is 2. The second-order valence-electron chi connectivity index (χ2n) is 7.35. The molecule has 5 heteroatoms. The van der Waals surface area contributed by atoms with Crippen molar-refractivity contribution in [1.82, 2.24) is 10.2 Å². The highest BCUT2D eigenvalue weighted by molar-refractivity contribution is 5.65. The van der Waals surface area contributed by atoms with Crippen molar-refractivity contribution in [2.75, 3.05) is 13.2 Å². The Hall–Kier alpha value is -2.43. The Bertz CT molecular complexity index is 699. The minimum Gasteiger partial charge on any atom is -0.494 e. The predicted molar refractivity (Wildman–Crippen MR) is 116 cm³/mol. The minimum atomic E-state index is -0.198. The molecular weight excluding hydrogens is 364 g/mol. The van der Waals surface area contributed by atoms with E-state index in [0.717, 1.165) is 67.8 Å². The van der Waals surface area contributed by atoms with E-state index in [-0.39, 0.29) is 5.97 Å². The Morgan fingerprint density at radius 2 is 1.55 bits per heavy atom. The Morgan fingerprint density at radius 3 is 2.21 bits per heavy atom. The number of unbranched alkanes of at least 4 members (excludes halogenated alkanes) is 6. The lowest BCUT2D eigenvalue weighted by atomic mass is 10.1. The Labute approximate surface area is 174 Å². The highest BCUT2D eigenvalue weighted by atomic mass is 16.5. The number of aromatic nitrogens is 2. The zero-order chi connectivity index (χ0) is 20.7. The SMILES string of the molecule is CCCCCc1ccc(-c2ccc(OCCCCCCCOC(C)=O)cc2)nn1. The number of nitrogens with zero attached hydrogens (tertiary/aromatic N) is 2. The molecule has 1 heterocycles. The molecule has 0 amide bonds. The molecule has 0 saturated carbocycles. The Balaban J connectivity index is 1.63. The van der Waals surface area contributed by atoms with Gasteiger partial charge in [0.2, 0.25) is 0 Å². The van der Waals surface area contributed by atoms with Gasteiger partial charge in [0.05, 0.1) is 24.6 Å². The van der Waals surface area contributed by atoms with E-state index < -0.39 is 0 Å². The smallest absolute Gasteiger partial charge is 0.302 e. The first kappa shape index (κ1) is 22.9. The molecule has 2 rings (SSSR count). The molecule has 0 atom stereocenters. The van der Waals surface area contributed by atoms with Gasteiger partial charge in [0.15, 0.2) is 0 Å². The van der Waals surface area contributed by atoms with Crippen LogP contribution in [0.2, 0.25) is 0 Å². The van der Waals surface area contributed by atoms with Gasteiger partial charge < -0.3 is 9.47 Å². The van der Waals surface area contributed by atoms with Gasteiger partial charge >= 0.3 is 5.97 Å². The highest BCUT2D eigenvalue weighted by Gasteiger charge is 2.03. The van der Waals surface area contributed by atoms with Crippen molar-refractivity contribution in [2.24, 2.45) is 0 Å². The van der Waals surface area contributed by atoms with Gasteiger partial charge in [-0.1, -0.05) is 39.0 Å². The van der Waals surface area contributed by atoms with Gasteiger partial charge in [-0.2, -0.15) is 10.2 Å². The van der Waals surface area contributed by atoms with Crippen LogP contribution in [0.1, 0.15) is 70.9 Å². The molecule has 1 aromatic heterocycles. The fraction of sp³-hybridized carbons (Fsp3) is 0.542. The third kappa shape index (κ3) is 9.55. The van der Waals surface area contributed by atoms with E-state index in [0.29, 0.717) is 6.61 Å². The van der Waals surface area contributed by atoms with Crippen LogP contribution < -0.4 is 4.74 Å². The zero-order valence-electron chi connectivity index (χ0n) is 17.9. The molecule has 0 unspecified atom stereocenters. The molecule has 0 spiro atoms. The first-order valence-corrected chi connectivity index (χ1v) is 10.9. The molecule has 0 saturated heterocycles. The van der Waals surface area contributed by atoms with Crippen LogP contribution in [-0.2, 0) is 16.0 Å². The van der Waals surface area contributed by atoms with Gasteiger partial charge in [0.25, 0.3) is 0 Å². The molecule has 0 aliphatic heterocycles. The lowest BCUT2D eigenvalue weighted by Gasteiger charge is -2.07. The quantitative estimate of drug-likeness (QED) is 0.299. The van der Waals surface area contributed by atoms with Crippen LogP contribution in [0.5, 0.6) is 5.75 Å².